The highest BCUT2D eigenvalue weighted by Crippen LogP contribution is 2.22. The minimum absolute atomic E-state index is 0.503. The average molecular weight is 198 g/mol. The molecule has 0 aromatic heterocycles. The van der Waals surface area contributed by atoms with E-state index >= 15 is 0 Å². The predicted molar refractivity (Wildman–Crippen MR) is 63.4 cm³/mol. The summed E-state index contributed by atoms with van der Waals surface area (Å²) in [6.07, 6.45) is 6.57. The smallest absolute Gasteiger partial charge is 0.0591 e. The molecule has 0 aliphatic rings. The van der Waals surface area contributed by atoms with E-state index in [-0.39, 0.29) is 0 Å². The zero-order valence-corrected chi connectivity index (χ0v) is 10.4. The lowest BCUT2D eigenvalue weighted by Gasteiger charge is -2.20. The second kappa shape index (κ2) is 6.23. The van der Waals surface area contributed by atoms with Crippen molar-refractivity contribution in [3.8, 4) is 0 Å². The van der Waals surface area contributed by atoms with Crippen molar-refractivity contribution in [1.29, 1.82) is 0 Å². The molecule has 1 N–H and O–H groups in total. The van der Waals surface area contributed by atoms with Gasteiger partial charge in [0.25, 0.3) is 0 Å². The molecule has 84 valence electrons. The van der Waals surface area contributed by atoms with Crippen molar-refractivity contribution in [2.24, 2.45) is 5.92 Å². The fraction of sp³-hybridized carbons (Fsp3) is 0.846. The van der Waals surface area contributed by atoms with E-state index in [1.165, 1.54) is 12.0 Å². The van der Waals surface area contributed by atoms with Gasteiger partial charge in [-0.2, -0.15) is 0 Å². The summed E-state index contributed by atoms with van der Waals surface area (Å²) < 4.78 is 0. The molecule has 0 saturated carbocycles. The van der Waals surface area contributed by atoms with Crippen LogP contribution in [0.2, 0.25) is 0 Å². The molecule has 0 bridgehead atoms. The third-order valence-corrected chi connectivity index (χ3v) is 2.72. The Balaban J connectivity index is 3.81. The van der Waals surface area contributed by atoms with Gasteiger partial charge in [-0.05, 0) is 52.4 Å². The average Bonchev–Trinajstić information content (AvgIpc) is 2.09. The van der Waals surface area contributed by atoms with Crippen LogP contribution in [0.15, 0.2) is 11.6 Å². The van der Waals surface area contributed by atoms with Crippen LogP contribution in [0.4, 0.5) is 0 Å². The van der Waals surface area contributed by atoms with Gasteiger partial charge in [0.1, 0.15) is 0 Å². The summed E-state index contributed by atoms with van der Waals surface area (Å²) in [6, 6.07) is 0. The summed E-state index contributed by atoms with van der Waals surface area (Å²) in [4.78, 5) is 0. The van der Waals surface area contributed by atoms with Crippen molar-refractivity contribution >= 4 is 0 Å². The third-order valence-electron chi connectivity index (χ3n) is 2.72. The lowest BCUT2D eigenvalue weighted by molar-refractivity contribution is 0.0643. The van der Waals surface area contributed by atoms with Crippen LogP contribution in [0.1, 0.15) is 60.3 Å². The summed E-state index contributed by atoms with van der Waals surface area (Å²) in [5, 5.41) is 9.60. The SMILES string of the molecule is CC=C(CC)CC(C)CCC(C)(C)O. The zero-order valence-electron chi connectivity index (χ0n) is 10.4. The molecular formula is C13H26O. The Morgan fingerprint density at radius 3 is 2.36 bits per heavy atom. The molecule has 1 atom stereocenters. The standard InChI is InChI=1S/C13H26O/c1-6-12(7-2)10-11(3)8-9-13(4,5)14/h6,11,14H,7-10H2,1-5H3. The quantitative estimate of drug-likeness (QED) is 0.641. The minimum atomic E-state index is -0.503. The van der Waals surface area contributed by atoms with Gasteiger partial charge >= 0.3 is 0 Å². The van der Waals surface area contributed by atoms with Crippen molar-refractivity contribution in [3.05, 3.63) is 11.6 Å². The Hall–Kier alpha value is -0.300. The first kappa shape index (κ1) is 13.7. The fourth-order valence-electron chi connectivity index (χ4n) is 1.62. The lowest BCUT2D eigenvalue weighted by atomic mass is 9.91. The van der Waals surface area contributed by atoms with E-state index in [4.69, 9.17) is 0 Å². The molecule has 0 fully saturated rings. The number of allylic oxidation sites excluding steroid dienone is 2. The number of aliphatic hydroxyl groups is 1. The van der Waals surface area contributed by atoms with Crippen molar-refractivity contribution in [3.63, 3.8) is 0 Å². The second-order valence-corrected chi connectivity index (χ2v) is 4.96. The molecule has 0 aromatic carbocycles. The Morgan fingerprint density at radius 1 is 1.43 bits per heavy atom. The van der Waals surface area contributed by atoms with E-state index in [1.54, 1.807) is 0 Å². The van der Waals surface area contributed by atoms with E-state index in [9.17, 15) is 5.11 Å². The van der Waals surface area contributed by atoms with E-state index in [1.807, 2.05) is 13.8 Å². The summed E-state index contributed by atoms with van der Waals surface area (Å²) in [5.41, 5.74) is 1.03. The molecule has 0 rings (SSSR count). The van der Waals surface area contributed by atoms with Gasteiger partial charge in [0.2, 0.25) is 0 Å². The highest BCUT2D eigenvalue weighted by Gasteiger charge is 2.14. The summed E-state index contributed by atoms with van der Waals surface area (Å²) in [6.45, 7) is 10.4. The molecule has 1 nitrogen and oxygen atoms in total. The van der Waals surface area contributed by atoms with Gasteiger partial charge in [-0.25, -0.2) is 0 Å². The van der Waals surface area contributed by atoms with Crippen LogP contribution >= 0.6 is 0 Å². The van der Waals surface area contributed by atoms with E-state index in [0.717, 1.165) is 19.3 Å². The summed E-state index contributed by atoms with van der Waals surface area (Å²) >= 11 is 0. The molecule has 0 aliphatic heterocycles. The van der Waals surface area contributed by atoms with Gasteiger partial charge in [0, 0.05) is 0 Å². The van der Waals surface area contributed by atoms with Gasteiger partial charge in [-0.15, -0.1) is 0 Å². The third kappa shape index (κ3) is 7.14. The van der Waals surface area contributed by atoms with Gasteiger partial charge < -0.3 is 5.11 Å². The summed E-state index contributed by atoms with van der Waals surface area (Å²) in [5.74, 6) is 0.688. The van der Waals surface area contributed by atoms with Crippen LogP contribution in [-0.4, -0.2) is 10.7 Å². The minimum Gasteiger partial charge on any atom is -0.390 e. The first-order valence-corrected chi connectivity index (χ1v) is 5.75. The predicted octanol–water partition coefficient (Wildman–Crippen LogP) is 3.92. The van der Waals surface area contributed by atoms with Crippen LogP contribution in [0, 0.1) is 5.92 Å². The van der Waals surface area contributed by atoms with Crippen molar-refractivity contribution in [1.82, 2.24) is 0 Å². The van der Waals surface area contributed by atoms with Crippen LogP contribution < -0.4 is 0 Å². The topological polar surface area (TPSA) is 20.2 Å². The Bertz CT molecular complexity index is 174. The van der Waals surface area contributed by atoms with Crippen molar-refractivity contribution in [2.45, 2.75) is 65.9 Å². The number of rotatable bonds is 6. The van der Waals surface area contributed by atoms with E-state index in [2.05, 4.69) is 26.8 Å². The molecule has 14 heavy (non-hydrogen) atoms. The van der Waals surface area contributed by atoms with Crippen LogP contribution in [0.3, 0.4) is 0 Å². The lowest BCUT2D eigenvalue weighted by Crippen LogP contribution is -2.19. The molecule has 0 aromatic rings. The van der Waals surface area contributed by atoms with Gasteiger partial charge in [-0.3, -0.25) is 0 Å². The molecule has 0 spiro atoms. The highest BCUT2D eigenvalue weighted by atomic mass is 16.3. The summed E-state index contributed by atoms with van der Waals surface area (Å²) in [7, 11) is 0. The molecule has 0 radical (unpaired) electrons. The van der Waals surface area contributed by atoms with Gasteiger partial charge in [0.15, 0.2) is 0 Å². The monoisotopic (exact) mass is 198 g/mol. The van der Waals surface area contributed by atoms with Crippen molar-refractivity contribution in [2.75, 3.05) is 0 Å². The van der Waals surface area contributed by atoms with Crippen LogP contribution in [-0.2, 0) is 0 Å². The molecule has 0 aliphatic carbocycles. The largest absolute Gasteiger partial charge is 0.390 e. The molecule has 1 heteroatoms. The maximum absolute atomic E-state index is 9.60. The molecule has 0 amide bonds. The van der Waals surface area contributed by atoms with Crippen LogP contribution in [0.5, 0.6) is 0 Å². The highest BCUT2D eigenvalue weighted by molar-refractivity contribution is 5.00. The Kier molecular flexibility index (Phi) is 6.10. The van der Waals surface area contributed by atoms with Gasteiger partial charge in [-0.1, -0.05) is 25.5 Å². The van der Waals surface area contributed by atoms with E-state index < -0.39 is 5.60 Å². The number of hydrogen-bond donors (Lipinski definition) is 1. The van der Waals surface area contributed by atoms with Crippen molar-refractivity contribution < 1.29 is 5.11 Å². The first-order valence-electron chi connectivity index (χ1n) is 5.75. The van der Waals surface area contributed by atoms with Crippen LogP contribution in [0.25, 0.3) is 0 Å². The molecule has 0 heterocycles. The first-order chi connectivity index (χ1) is 6.39. The molecule has 1 unspecified atom stereocenters. The Morgan fingerprint density at radius 2 is 2.00 bits per heavy atom. The maximum atomic E-state index is 9.60. The zero-order chi connectivity index (χ0) is 11.2. The maximum Gasteiger partial charge on any atom is 0.0591 e. The molecule has 0 saturated heterocycles. The fourth-order valence-corrected chi connectivity index (χ4v) is 1.62. The Labute approximate surface area is 89.2 Å². The normalized spacial score (nSPS) is 15.7. The molecular weight excluding hydrogens is 172 g/mol. The number of hydrogen-bond acceptors (Lipinski definition) is 1. The van der Waals surface area contributed by atoms with Gasteiger partial charge in [0.05, 0.1) is 5.60 Å². The second-order valence-electron chi connectivity index (χ2n) is 4.96. The van der Waals surface area contributed by atoms with E-state index in [0.29, 0.717) is 5.92 Å².